The van der Waals surface area contributed by atoms with Crippen LogP contribution in [0.5, 0.6) is 5.75 Å². The number of hydrogen-bond donors (Lipinski definition) is 1. The maximum absolute atomic E-state index is 10.2. The summed E-state index contributed by atoms with van der Waals surface area (Å²) in [6.07, 6.45) is 11.2. The van der Waals surface area contributed by atoms with Crippen LogP contribution < -0.4 is 5.30 Å². The molecule has 0 aromatic heterocycles. The van der Waals surface area contributed by atoms with Gasteiger partial charge >= 0.3 is 0 Å². The van der Waals surface area contributed by atoms with Crippen LogP contribution in [0.3, 0.4) is 0 Å². The molecule has 0 unspecified atom stereocenters. The van der Waals surface area contributed by atoms with E-state index in [1.54, 1.807) is 0 Å². The van der Waals surface area contributed by atoms with Crippen molar-refractivity contribution in [2.45, 2.75) is 62.7 Å². The standard InChI is InChI=1S/C16H23OP/c17-15-11-5-6-12-16(15)18(13-7-1-2-8-13)14-9-3-4-10-14/h5-6,11-14,17H,1-4,7-10H2. The second-order valence-electron chi connectivity index (χ2n) is 5.77. The lowest BCUT2D eigenvalue weighted by molar-refractivity contribution is 0.479. The maximum Gasteiger partial charge on any atom is 0.123 e. The van der Waals surface area contributed by atoms with Gasteiger partial charge in [0.1, 0.15) is 5.75 Å². The lowest BCUT2D eigenvalue weighted by atomic mass is 10.3. The van der Waals surface area contributed by atoms with E-state index in [1.165, 1.54) is 56.7 Å². The molecule has 0 heterocycles. The van der Waals surface area contributed by atoms with Gasteiger partial charge in [0.05, 0.1) is 0 Å². The number of phenolic OH excluding ortho intramolecular Hbond substituents is 1. The highest BCUT2D eigenvalue weighted by Crippen LogP contribution is 2.57. The lowest BCUT2D eigenvalue weighted by Gasteiger charge is -2.30. The molecule has 2 aliphatic carbocycles. The Kier molecular flexibility index (Phi) is 3.89. The Bertz CT molecular complexity index is 376. The third kappa shape index (κ3) is 2.43. The van der Waals surface area contributed by atoms with E-state index in [1.807, 2.05) is 12.1 Å². The Morgan fingerprint density at radius 3 is 1.83 bits per heavy atom. The monoisotopic (exact) mass is 262 g/mol. The molecule has 1 aromatic carbocycles. The zero-order chi connectivity index (χ0) is 12.4. The van der Waals surface area contributed by atoms with Gasteiger partial charge < -0.3 is 5.11 Å². The van der Waals surface area contributed by atoms with E-state index >= 15 is 0 Å². The second-order valence-corrected chi connectivity index (χ2v) is 8.53. The number of aromatic hydroxyl groups is 1. The first-order valence-corrected chi connectivity index (χ1v) is 8.90. The van der Waals surface area contributed by atoms with Gasteiger partial charge in [-0.3, -0.25) is 0 Å². The van der Waals surface area contributed by atoms with Gasteiger partial charge in [-0.25, -0.2) is 0 Å². The van der Waals surface area contributed by atoms with E-state index < -0.39 is 0 Å². The van der Waals surface area contributed by atoms with Crippen LogP contribution in [0, 0.1) is 0 Å². The van der Waals surface area contributed by atoms with Crippen molar-refractivity contribution < 1.29 is 5.11 Å². The molecule has 0 amide bonds. The molecule has 2 heteroatoms. The minimum Gasteiger partial charge on any atom is -0.507 e. The van der Waals surface area contributed by atoms with Crippen LogP contribution in [0.4, 0.5) is 0 Å². The van der Waals surface area contributed by atoms with Crippen molar-refractivity contribution in [1.29, 1.82) is 0 Å². The zero-order valence-electron chi connectivity index (χ0n) is 11.0. The summed E-state index contributed by atoms with van der Waals surface area (Å²) in [6.45, 7) is 0. The molecule has 2 saturated carbocycles. The topological polar surface area (TPSA) is 20.2 Å². The average molecular weight is 262 g/mol. The molecule has 3 rings (SSSR count). The lowest BCUT2D eigenvalue weighted by Crippen LogP contribution is -2.19. The van der Waals surface area contributed by atoms with Crippen LogP contribution in [0.1, 0.15) is 51.4 Å². The summed E-state index contributed by atoms with van der Waals surface area (Å²) in [4.78, 5) is 0. The molecular formula is C16H23OP. The second kappa shape index (κ2) is 5.61. The van der Waals surface area contributed by atoms with Gasteiger partial charge in [-0.1, -0.05) is 51.8 Å². The maximum atomic E-state index is 10.2. The van der Waals surface area contributed by atoms with Crippen molar-refractivity contribution >= 4 is 13.2 Å². The minimum atomic E-state index is -0.129. The highest BCUT2D eigenvalue weighted by molar-refractivity contribution is 7.67. The number of rotatable bonds is 3. The van der Waals surface area contributed by atoms with Gasteiger partial charge in [-0.05, 0) is 43.1 Å². The van der Waals surface area contributed by atoms with E-state index in [4.69, 9.17) is 0 Å². The SMILES string of the molecule is Oc1ccccc1P(C1CCCC1)C1CCCC1. The quantitative estimate of drug-likeness (QED) is 0.801. The first-order valence-electron chi connectivity index (χ1n) is 7.42. The molecule has 18 heavy (non-hydrogen) atoms. The summed E-state index contributed by atoms with van der Waals surface area (Å²) in [5.41, 5.74) is 1.77. The van der Waals surface area contributed by atoms with Crippen LogP contribution in [0.2, 0.25) is 0 Å². The third-order valence-electron chi connectivity index (χ3n) is 4.60. The molecule has 0 bridgehead atoms. The molecule has 0 atom stereocenters. The molecule has 0 aliphatic heterocycles. The van der Waals surface area contributed by atoms with Crippen molar-refractivity contribution in [3.63, 3.8) is 0 Å². The smallest absolute Gasteiger partial charge is 0.123 e. The van der Waals surface area contributed by atoms with Crippen LogP contribution in [0.25, 0.3) is 0 Å². The first-order chi connectivity index (χ1) is 8.86. The van der Waals surface area contributed by atoms with Crippen LogP contribution in [-0.2, 0) is 0 Å². The molecular weight excluding hydrogens is 239 g/mol. The molecule has 0 spiro atoms. The van der Waals surface area contributed by atoms with Crippen molar-refractivity contribution in [2.75, 3.05) is 0 Å². The fourth-order valence-corrected chi connectivity index (χ4v) is 7.56. The van der Waals surface area contributed by atoms with Gasteiger partial charge in [0.15, 0.2) is 0 Å². The van der Waals surface area contributed by atoms with Crippen molar-refractivity contribution in [2.24, 2.45) is 0 Å². The Morgan fingerprint density at radius 2 is 1.33 bits per heavy atom. The Hall–Kier alpha value is -0.550. The van der Waals surface area contributed by atoms with Gasteiger partial charge in [0.2, 0.25) is 0 Å². The molecule has 1 nitrogen and oxygen atoms in total. The van der Waals surface area contributed by atoms with E-state index in [-0.39, 0.29) is 7.92 Å². The summed E-state index contributed by atoms with van der Waals surface area (Å²) >= 11 is 0. The summed E-state index contributed by atoms with van der Waals surface area (Å²) in [6, 6.07) is 8.14. The summed E-state index contributed by atoms with van der Waals surface area (Å²) < 4.78 is 0. The Labute approximate surface area is 111 Å². The van der Waals surface area contributed by atoms with Crippen LogP contribution in [0.15, 0.2) is 24.3 Å². The predicted molar refractivity (Wildman–Crippen MR) is 79.2 cm³/mol. The highest BCUT2D eigenvalue weighted by Gasteiger charge is 2.34. The first kappa shape index (κ1) is 12.5. The molecule has 98 valence electrons. The Balaban J connectivity index is 1.90. The van der Waals surface area contributed by atoms with Crippen molar-refractivity contribution in [3.05, 3.63) is 24.3 Å². The van der Waals surface area contributed by atoms with Crippen LogP contribution >= 0.6 is 7.92 Å². The van der Waals surface area contributed by atoms with E-state index in [0.29, 0.717) is 5.75 Å². The molecule has 2 aliphatic rings. The molecule has 1 N–H and O–H groups in total. The normalized spacial score (nSPS) is 22.1. The summed E-state index contributed by atoms with van der Waals surface area (Å²) in [5.74, 6) is 0.558. The molecule has 0 saturated heterocycles. The molecule has 1 aromatic rings. The van der Waals surface area contributed by atoms with Gasteiger partial charge in [0, 0.05) is 5.30 Å². The van der Waals surface area contributed by atoms with Gasteiger partial charge in [0.25, 0.3) is 0 Å². The van der Waals surface area contributed by atoms with E-state index in [9.17, 15) is 5.11 Å². The van der Waals surface area contributed by atoms with Crippen molar-refractivity contribution in [1.82, 2.24) is 0 Å². The minimum absolute atomic E-state index is 0.129. The summed E-state index contributed by atoms with van der Waals surface area (Å²) in [7, 11) is -0.129. The fourth-order valence-electron chi connectivity index (χ4n) is 3.74. The average Bonchev–Trinajstić information content (AvgIpc) is 3.05. The molecule has 2 fully saturated rings. The number of hydrogen-bond acceptors (Lipinski definition) is 1. The van der Waals surface area contributed by atoms with E-state index in [2.05, 4.69) is 12.1 Å². The summed E-state index contributed by atoms with van der Waals surface area (Å²) in [5, 5.41) is 11.5. The number of para-hydroxylation sites is 1. The number of benzene rings is 1. The van der Waals surface area contributed by atoms with Gasteiger partial charge in [-0.15, -0.1) is 0 Å². The molecule has 0 radical (unpaired) electrons. The Morgan fingerprint density at radius 1 is 0.833 bits per heavy atom. The zero-order valence-corrected chi connectivity index (χ0v) is 11.9. The third-order valence-corrected chi connectivity index (χ3v) is 8.14. The predicted octanol–water partition coefficient (Wildman–Crippen LogP) is 4.38. The largest absolute Gasteiger partial charge is 0.507 e. The number of phenols is 1. The van der Waals surface area contributed by atoms with Crippen molar-refractivity contribution in [3.8, 4) is 5.75 Å². The van der Waals surface area contributed by atoms with Gasteiger partial charge in [-0.2, -0.15) is 0 Å². The van der Waals surface area contributed by atoms with E-state index in [0.717, 1.165) is 11.3 Å². The fraction of sp³-hybridized carbons (Fsp3) is 0.625. The van der Waals surface area contributed by atoms with Crippen LogP contribution in [-0.4, -0.2) is 16.4 Å². The highest BCUT2D eigenvalue weighted by atomic mass is 31.1.